The lowest BCUT2D eigenvalue weighted by atomic mass is 10.2. The van der Waals surface area contributed by atoms with E-state index in [0.29, 0.717) is 6.07 Å². The van der Waals surface area contributed by atoms with Crippen molar-refractivity contribution in [1.29, 1.82) is 0 Å². The third-order valence-electron chi connectivity index (χ3n) is 2.07. The Morgan fingerprint density at radius 3 is 2.39 bits per heavy atom. The first-order chi connectivity index (χ1) is 8.47. The van der Waals surface area contributed by atoms with Gasteiger partial charge in [0.15, 0.2) is 11.5 Å². The Kier molecular flexibility index (Phi) is 3.20. The lowest BCUT2D eigenvalue weighted by Gasteiger charge is -2.03. The Morgan fingerprint density at radius 1 is 1.22 bits per heavy atom. The number of aromatic carboxylic acids is 1. The van der Waals surface area contributed by atoms with Gasteiger partial charge in [-0.1, -0.05) is 11.6 Å². The molecule has 1 heterocycles. The molecule has 4 nitrogen and oxygen atoms in total. The summed E-state index contributed by atoms with van der Waals surface area (Å²) in [5.74, 6) is -3.07. The minimum absolute atomic E-state index is 0.0340. The zero-order chi connectivity index (χ0) is 13.3. The van der Waals surface area contributed by atoms with E-state index in [2.05, 4.69) is 9.97 Å². The molecule has 2 aromatic rings. The van der Waals surface area contributed by atoms with E-state index < -0.39 is 23.3 Å². The highest BCUT2D eigenvalue weighted by atomic mass is 35.5. The summed E-state index contributed by atoms with van der Waals surface area (Å²) in [5.41, 5.74) is -0.391. The number of carboxylic acid groups (broad SMARTS) is 1. The number of carboxylic acids is 1. The van der Waals surface area contributed by atoms with Crippen molar-refractivity contribution in [3.05, 3.63) is 46.7 Å². The van der Waals surface area contributed by atoms with Crippen LogP contribution in [-0.2, 0) is 0 Å². The summed E-state index contributed by atoms with van der Waals surface area (Å²) in [5, 5.41) is 8.67. The van der Waals surface area contributed by atoms with Gasteiger partial charge in [-0.05, 0) is 12.1 Å². The predicted molar refractivity (Wildman–Crippen MR) is 59.4 cm³/mol. The maximum Gasteiger partial charge on any atom is 0.356 e. The van der Waals surface area contributed by atoms with Gasteiger partial charge in [-0.15, -0.1) is 0 Å². The molecular weight excluding hydrogens is 266 g/mol. The van der Waals surface area contributed by atoms with Crippen LogP contribution in [0, 0.1) is 11.6 Å². The average Bonchev–Trinajstić information content (AvgIpc) is 2.27. The molecule has 0 bridgehead atoms. The lowest BCUT2D eigenvalue weighted by Crippen LogP contribution is -2.04. The van der Waals surface area contributed by atoms with Crippen LogP contribution in [-0.4, -0.2) is 21.0 Å². The molecule has 7 heteroatoms. The van der Waals surface area contributed by atoms with E-state index in [-0.39, 0.29) is 16.4 Å². The molecule has 1 aromatic carbocycles. The van der Waals surface area contributed by atoms with E-state index in [1.54, 1.807) is 0 Å². The van der Waals surface area contributed by atoms with E-state index in [9.17, 15) is 13.6 Å². The monoisotopic (exact) mass is 270 g/mol. The molecule has 92 valence electrons. The smallest absolute Gasteiger partial charge is 0.356 e. The van der Waals surface area contributed by atoms with Crippen molar-refractivity contribution >= 4 is 17.6 Å². The molecule has 0 saturated carbocycles. The van der Waals surface area contributed by atoms with E-state index in [0.717, 1.165) is 18.3 Å². The minimum atomic E-state index is -1.35. The molecule has 0 aliphatic rings. The van der Waals surface area contributed by atoms with Gasteiger partial charge in [-0.3, -0.25) is 0 Å². The molecule has 0 aliphatic heterocycles. The van der Waals surface area contributed by atoms with Crippen LogP contribution in [0.25, 0.3) is 11.4 Å². The fraction of sp³-hybridized carbons (Fsp3) is 0. The van der Waals surface area contributed by atoms with Crippen molar-refractivity contribution < 1.29 is 18.7 Å². The van der Waals surface area contributed by atoms with Gasteiger partial charge in [-0.2, -0.15) is 0 Å². The number of halogens is 3. The summed E-state index contributed by atoms with van der Waals surface area (Å²) >= 11 is 5.59. The van der Waals surface area contributed by atoms with Crippen LogP contribution < -0.4 is 0 Å². The van der Waals surface area contributed by atoms with Crippen molar-refractivity contribution in [1.82, 2.24) is 9.97 Å². The highest BCUT2D eigenvalue weighted by Crippen LogP contribution is 2.21. The molecule has 0 radical (unpaired) electrons. The largest absolute Gasteiger partial charge is 0.476 e. The highest BCUT2D eigenvalue weighted by molar-refractivity contribution is 6.33. The van der Waals surface area contributed by atoms with Crippen LogP contribution in [0.2, 0.25) is 5.02 Å². The summed E-state index contributed by atoms with van der Waals surface area (Å²) in [7, 11) is 0. The lowest BCUT2D eigenvalue weighted by molar-refractivity contribution is 0.0690. The molecule has 1 aromatic heterocycles. The number of rotatable bonds is 2. The van der Waals surface area contributed by atoms with Crippen LogP contribution in [0.1, 0.15) is 10.5 Å². The standard InChI is InChI=1S/C11H5ClF2N2O2/c12-8-4-15-10(16-9(8)11(17)18)5-1-6(13)3-7(14)2-5/h1-4H,(H,17,18). The zero-order valence-electron chi connectivity index (χ0n) is 8.69. The third kappa shape index (κ3) is 2.43. The van der Waals surface area contributed by atoms with Crippen molar-refractivity contribution in [3.63, 3.8) is 0 Å². The van der Waals surface area contributed by atoms with Crippen LogP contribution in [0.15, 0.2) is 24.4 Å². The van der Waals surface area contributed by atoms with Gasteiger partial charge in [0.25, 0.3) is 0 Å². The van der Waals surface area contributed by atoms with E-state index in [1.807, 2.05) is 0 Å². The van der Waals surface area contributed by atoms with E-state index in [1.165, 1.54) is 0 Å². The summed E-state index contributed by atoms with van der Waals surface area (Å²) < 4.78 is 26.0. The molecule has 0 saturated heterocycles. The molecule has 0 fully saturated rings. The number of hydrogen-bond donors (Lipinski definition) is 1. The van der Waals surface area contributed by atoms with Gasteiger partial charge in [-0.25, -0.2) is 23.5 Å². The first-order valence-electron chi connectivity index (χ1n) is 4.69. The Bertz CT molecular complexity index is 614. The van der Waals surface area contributed by atoms with Crippen LogP contribution in [0.5, 0.6) is 0 Å². The summed E-state index contributed by atoms with van der Waals surface area (Å²) in [6.07, 6.45) is 1.07. The molecule has 0 aliphatic carbocycles. The minimum Gasteiger partial charge on any atom is -0.476 e. The molecule has 0 amide bonds. The van der Waals surface area contributed by atoms with E-state index >= 15 is 0 Å². The fourth-order valence-corrected chi connectivity index (χ4v) is 1.51. The van der Waals surface area contributed by atoms with Crippen molar-refractivity contribution in [2.24, 2.45) is 0 Å². The number of hydrogen-bond acceptors (Lipinski definition) is 3. The topological polar surface area (TPSA) is 63.1 Å². The molecule has 0 atom stereocenters. The molecule has 2 rings (SSSR count). The van der Waals surface area contributed by atoms with Gasteiger partial charge in [0, 0.05) is 11.6 Å². The van der Waals surface area contributed by atoms with Crippen LogP contribution in [0.3, 0.4) is 0 Å². The second kappa shape index (κ2) is 4.66. The van der Waals surface area contributed by atoms with Crippen molar-refractivity contribution in [3.8, 4) is 11.4 Å². The number of carbonyl (C=O) groups is 1. The van der Waals surface area contributed by atoms with Crippen LogP contribution in [0.4, 0.5) is 8.78 Å². The van der Waals surface area contributed by atoms with Gasteiger partial charge >= 0.3 is 5.97 Å². The second-order valence-corrected chi connectivity index (χ2v) is 3.76. The van der Waals surface area contributed by atoms with Crippen LogP contribution >= 0.6 is 11.6 Å². The maximum absolute atomic E-state index is 13.0. The third-order valence-corrected chi connectivity index (χ3v) is 2.34. The molecule has 1 N–H and O–H groups in total. The quantitative estimate of drug-likeness (QED) is 0.911. The predicted octanol–water partition coefficient (Wildman–Crippen LogP) is 2.77. The zero-order valence-corrected chi connectivity index (χ0v) is 9.45. The Labute approximate surface area is 105 Å². The normalized spacial score (nSPS) is 10.4. The van der Waals surface area contributed by atoms with Gasteiger partial charge in [0.05, 0.1) is 11.2 Å². The molecular formula is C11H5ClF2N2O2. The Balaban J connectivity index is 2.57. The molecule has 0 unspecified atom stereocenters. The van der Waals surface area contributed by atoms with Gasteiger partial charge in [0.1, 0.15) is 11.6 Å². The molecule has 18 heavy (non-hydrogen) atoms. The Morgan fingerprint density at radius 2 is 1.83 bits per heavy atom. The number of benzene rings is 1. The van der Waals surface area contributed by atoms with Gasteiger partial charge in [0.2, 0.25) is 0 Å². The van der Waals surface area contributed by atoms with Gasteiger partial charge < -0.3 is 5.11 Å². The SMILES string of the molecule is O=C(O)c1nc(-c2cc(F)cc(F)c2)ncc1Cl. The van der Waals surface area contributed by atoms with E-state index in [4.69, 9.17) is 16.7 Å². The summed E-state index contributed by atoms with van der Waals surface area (Å²) in [6.45, 7) is 0. The maximum atomic E-state index is 13.0. The Hall–Kier alpha value is -2.08. The number of nitrogens with zero attached hydrogens (tertiary/aromatic N) is 2. The highest BCUT2D eigenvalue weighted by Gasteiger charge is 2.14. The van der Waals surface area contributed by atoms with Crippen molar-refractivity contribution in [2.75, 3.05) is 0 Å². The fourth-order valence-electron chi connectivity index (χ4n) is 1.34. The molecule has 0 spiro atoms. The first-order valence-corrected chi connectivity index (χ1v) is 5.07. The van der Waals surface area contributed by atoms with Crippen molar-refractivity contribution in [2.45, 2.75) is 0 Å². The second-order valence-electron chi connectivity index (χ2n) is 3.35. The summed E-state index contributed by atoms with van der Waals surface area (Å²) in [4.78, 5) is 18.2. The number of aromatic nitrogens is 2. The average molecular weight is 271 g/mol. The first kappa shape index (κ1) is 12.4. The summed E-state index contributed by atoms with van der Waals surface area (Å²) in [6, 6.07) is 2.69.